The summed E-state index contributed by atoms with van der Waals surface area (Å²) in [5.74, 6) is 1.87. The van der Waals surface area contributed by atoms with Gasteiger partial charge in [-0.1, -0.05) is 51.1 Å². The first kappa shape index (κ1) is 23.4. The maximum atomic E-state index is 11.2. The smallest absolute Gasteiger partial charge is 0.123 e. The number of hydrogen-bond acceptors (Lipinski definition) is 5. The minimum atomic E-state index is -0.289. The van der Waals surface area contributed by atoms with Gasteiger partial charge in [0.05, 0.1) is 24.7 Å². The second kappa shape index (κ2) is 9.49. The zero-order valence-electron chi connectivity index (χ0n) is 18.6. The highest BCUT2D eigenvalue weighted by Crippen LogP contribution is 2.44. The van der Waals surface area contributed by atoms with Crippen LogP contribution in [0, 0.1) is 0 Å². The predicted molar refractivity (Wildman–Crippen MR) is 134 cm³/mol. The van der Waals surface area contributed by atoms with Gasteiger partial charge in [-0.25, -0.2) is 0 Å². The van der Waals surface area contributed by atoms with E-state index in [4.69, 9.17) is 34.7 Å². The summed E-state index contributed by atoms with van der Waals surface area (Å²) in [6.45, 7) is 6.28. The molecule has 0 saturated carbocycles. The summed E-state index contributed by atoms with van der Waals surface area (Å²) in [5, 5.41) is 10.7. The van der Waals surface area contributed by atoms with E-state index in [9.17, 15) is 5.11 Å². The van der Waals surface area contributed by atoms with Gasteiger partial charge in [-0.3, -0.25) is 0 Å². The molecule has 0 spiro atoms. The first-order valence-corrected chi connectivity index (χ1v) is 11.2. The maximum absolute atomic E-state index is 11.2. The lowest BCUT2D eigenvalue weighted by molar-refractivity contribution is 0.414. The zero-order chi connectivity index (χ0) is 22.8. The number of phenols is 1. The lowest BCUT2D eigenvalue weighted by Crippen LogP contribution is -2.14. The summed E-state index contributed by atoms with van der Waals surface area (Å²) in [4.78, 5) is 0. The zero-order valence-corrected chi connectivity index (χ0v) is 20.4. The quantitative estimate of drug-likeness (QED) is 0.361. The molecule has 0 saturated heterocycles. The van der Waals surface area contributed by atoms with E-state index < -0.39 is 0 Å². The molecular weight excluding hydrogens is 424 g/mol. The minimum Gasteiger partial charge on any atom is -0.507 e. The van der Waals surface area contributed by atoms with Gasteiger partial charge in [0.15, 0.2) is 0 Å². The molecule has 0 bridgehead atoms. The van der Waals surface area contributed by atoms with Gasteiger partial charge in [-0.15, -0.1) is 0 Å². The van der Waals surface area contributed by atoms with Crippen molar-refractivity contribution in [1.82, 2.24) is 0 Å². The molecule has 0 heterocycles. The van der Waals surface area contributed by atoms with Gasteiger partial charge in [0.1, 0.15) is 17.2 Å². The summed E-state index contributed by atoms with van der Waals surface area (Å²) >= 11 is 9.79. The lowest BCUT2D eigenvalue weighted by atomic mass is 9.82. The van der Waals surface area contributed by atoms with Crippen LogP contribution in [0.4, 0.5) is 0 Å². The average molecular weight is 455 g/mol. The normalized spacial score (nSPS) is 13.5. The van der Waals surface area contributed by atoms with Gasteiger partial charge >= 0.3 is 0 Å². The Balaban J connectivity index is 2.09. The maximum Gasteiger partial charge on any atom is 0.123 e. The predicted octanol–water partition coefficient (Wildman–Crippen LogP) is 6.75. The molecule has 0 aliphatic rings. The van der Waals surface area contributed by atoms with E-state index in [2.05, 4.69) is 26.8 Å². The van der Waals surface area contributed by atoms with Crippen molar-refractivity contribution in [2.45, 2.75) is 36.7 Å². The number of methoxy groups -OCH3 is 2. The Kier molecular flexibility index (Phi) is 7.17. The Morgan fingerprint density at radius 1 is 0.710 bits per heavy atom. The Morgan fingerprint density at radius 3 is 1.58 bits per heavy atom. The molecule has 1 N–H and O–H groups in total. The van der Waals surface area contributed by atoms with Crippen molar-refractivity contribution < 1.29 is 14.6 Å². The minimum absolute atomic E-state index is 0.150. The van der Waals surface area contributed by atoms with Crippen LogP contribution in [0.5, 0.6) is 17.2 Å². The molecule has 3 aromatic rings. The van der Waals surface area contributed by atoms with Gasteiger partial charge in [-0.05, 0) is 58.0 Å². The third-order valence-electron chi connectivity index (χ3n) is 5.44. The lowest BCUT2D eigenvalue weighted by Gasteiger charge is -2.26. The Bertz CT molecular complexity index is 1020. The van der Waals surface area contributed by atoms with E-state index in [1.165, 1.54) is 0 Å². The molecule has 2 atom stereocenters. The van der Waals surface area contributed by atoms with Crippen LogP contribution < -0.4 is 9.47 Å². The Hall–Kier alpha value is -2.24. The molecule has 3 nitrogen and oxygen atoms in total. The average Bonchev–Trinajstić information content (AvgIpc) is 2.77. The monoisotopic (exact) mass is 454 g/mol. The molecule has 0 aliphatic carbocycles. The second-order valence-corrected chi connectivity index (χ2v) is 9.64. The number of hydrogen-bond donors (Lipinski definition) is 3. The molecule has 0 fully saturated rings. The SMILES string of the molecule is COc1ccc(C(S)c2cc(C(S)c3ccc(OC)cc3)c(O)c(C(C)(C)C)c2)cc1. The third-order valence-corrected chi connectivity index (χ3v) is 6.62. The van der Waals surface area contributed by atoms with Crippen molar-refractivity contribution >= 4 is 25.3 Å². The van der Waals surface area contributed by atoms with Gasteiger partial charge in [0.2, 0.25) is 0 Å². The number of thiol groups is 2. The van der Waals surface area contributed by atoms with Crippen LogP contribution in [0.3, 0.4) is 0 Å². The van der Waals surface area contributed by atoms with Crippen LogP contribution in [0.1, 0.15) is 59.1 Å². The standard InChI is InChI=1S/C26H30O3S2/c1-26(2,3)22-15-18(24(30)16-6-10-19(28-4)11-7-16)14-21(23(22)27)25(31)17-8-12-20(29-5)13-9-17/h6-15,24-25,27,30-31H,1-5H3. The number of ether oxygens (including phenoxy) is 2. The molecule has 2 unspecified atom stereocenters. The molecule has 31 heavy (non-hydrogen) atoms. The number of rotatable bonds is 6. The fraction of sp³-hybridized carbons (Fsp3) is 0.308. The van der Waals surface area contributed by atoms with E-state index in [0.29, 0.717) is 0 Å². The largest absolute Gasteiger partial charge is 0.507 e. The van der Waals surface area contributed by atoms with E-state index in [-0.39, 0.29) is 21.7 Å². The number of benzene rings is 3. The molecular formula is C26H30O3S2. The summed E-state index contributed by atoms with van der Waals surface area (Å²) in [7, 11) is 3.30. The number of phenolic OH excluding ortho intramolecular Hbond substituents is 1. The van der Waals surface area contributed by atoms with E-state index in [1.54, 1.807) is 14.2 Å². The molecule has 0 aliphatic heterocycles. The van der Waals surface area contributed by atoms with Crippen LogP contribution in [-0.2, 0) is 5.41 Å². The second-order valence-electron chi connectivity index (χ2n) is 8.61. The fourth-order valence-corrected chi connectivity index (χ4v) is 4.25. The van der Waals surface area contributed by atoms with Crippen molar-refractivity contribution in [3.8, 4) is 17.2 Å². The highest BCUT2D eigenvalue weighted by Gasteiger charge is 2.26. The summed E-state index contributed by atoms with van der Waals surface area (Å²) < 4.78 is 10.5. The van der Waals surface area contributed by atoms with E-state index in [0.717, 1.165) is 39.3 Å². The molecule has 0 aromatic heterocycles. The molecule has 3 aromatic carbocycles. The van der Waals surface area contributed by atoms with Crippen molar-refractivity contribution in [3.05, 3.63) is 88.5 Å². The summed E-state index contributed by atoms with van der Waals surface area (Å²) in [6, 6.07) is 19.7. The Labute approximate surface area is 196 Å². The van der Waals surface area contributed by atoms with Crippen LogP contribution in [-0.4, -0.2) is 19.3 Å². The molecule has 0 radical (unpaired) electrons. The first-order chi connectivity index (χ1) is 14.7. The van der Waals surface area contributed by atoms with Gasteiger partial charge in [0.25, 0.3) is 0 Å². The molecule has 164 valence electrons. The van der Waals surface area contributed by atoms with Crippen LogP contribution in [0.25, 0.3) is 0 Å². The van der Waals surface area contributed by atoms with Crippen LogP contribution >= 0.6 is 25.3 Å². The van der Waals surface area contributed by atoms with Gasteiger partial charge < -0.3 is 14.6 Å². The highest BCUT2D eigenvalue weighted by atomic mass is 32.1. The van der Waals surface area contributed by atoms with Gasteiger partial charge in [-0.2, -0.15) is 25.3 Å². The van der Waals surface area contributed by atoms with Crippen molar-refractivity contribution in [2.75, 3.05) is 14.2 Å². The summed E-state index contributed by atoms with van der Waals surface area (Å²) in [6.07, 6.45) is 0. The third kappa shape index (κ3) is 5.16. The van der Waals surface area contributed by atoms with Crippen molar-refractivity contribution in [2.24, 2.45) is 0 Å². The van der Waals surface area contributed by atoms with Crippen LogP contribution in [0.15, 0.2) is 60.7 Å². The van der Waals surface area contributed by atoms with Gasteiger partial charge in [0, 0.05) is 5.56 Å². The summed E-state index contributed by atoms with van der Waals surface area (Å²) in [5.41, 5.74) is 4.45. The molecule has 5 heteroatoms. The van der Waals surface area contributed by atoms with E-state index in [1.807, 2.05) is 54.6 Å². The van der Waals surface area contributed by atoms with Crippen molar-refractivity contribution in [1.29, 1.82) is 0 Å². The van der Waals surface area contributed by atoms with Crippen molar-refractivity contribution in [3.63, 3.8) is 0 Å². The van der Waals surface area contributed by atoms with Crippen LogP contribution in [0.2, 0.25) is 0 Å². The number of aromatic hydroxyl groups is 1. The fourth-order valence-electron chi connectivity index (χ4n) is 3.56. The molecule has 3 rings (SSSR count). The van der Waals surface area contributed by atoms with E-state index >= 15 is 0 Å². The topological polar surface area (TPSA) is 38.7 Å². The highest BCUT2D eigenvalue weighted by molar-refractivity contribution is 7.81. The first-order valence-electron chi connectivity index (χ1n) is 10.2. The molecule has 0 amide bonds. The Morgan fingerprint density at radius 2 is 1.16 bits per heavy atom.